The van der Waals surface area contributed by atoms with Crippen LogP contribution in [-0.4, -0.2) is 40.8 Å². The third kappa shape index (κ3) is 3.67. The Balaban J connectivity index is 2.15. The minimum atomic E-state index is -0.178. The number of rotatable bonds is 4. The van der Waals surface area contributed by atoms with Crippen LogP contribution in [-0.2, 0) is 11.3 Å². The second-order valence-corrected chi connectivity index (χ2v) is 5.80. The fourth-order valence-corrected chi connectivity index (χ4v) is 3.60. The highest BCUT2D eigenvalue weighted by molar-refractivity contribution is 8.14. The third-order valence-electron chi connectivity index (χ3n) is 3.03. The molecule has 1 aromatic carbocycles. The van der Waals surface area contributed by atoms with Crippen LogP contribution in [0.5, 0.6) is 5.75 Å². The van der Waals surface area contributed by atoms with Crippen LogP contribution in [0.4, 0.5) is 0 Å². The number of hydrogen-bond acceptors (Lipinski definition) is 3. The molecule has 0 aliphatic carbocycles. The average molecular weight is 313 g/mol. The molecule has 0 bridgehead atoms. The number of amidine groups is 1. The number of carbonyl (C=O) groups excluding carboxylic acids is 1. The molecule has 1 atom stereocenters. The summed E-state index contributed by atoms with van der Waals surface area (Å²) < 4.78 is 5.15. The molecule has 1 fully saturated rings. The minimum absolute atomic E-state index is 0.178. The Bertz CT molecular complexity index is 504. The van der Waals surface area contributed by atoms with Crippen LogP contribution < -0.4 is 4.74 Å². The molecule has 1 unspecified atom stereocenters. The van der Waals surface area contributed by atoms with E-state index in [1.165, 1.54) is 6.92 Å². The molecule has 0 radical (unpaired) electrons. The van der Waals surface area contributed by atoms with E-state index < -0.39 is 0 Å². The number of nitrogens with zero attached hydrogens (tertiary/aromatic N) is 2. The Morgan fingerprint density at radius 2 is 2.20 bits per heavy atom. The van der Waals surface area contributed by atoms with Crippen molar-refractivity contribution in [2.75, 3.05) is 18.7 Å². The van der Waals surface area contributed by atoms with Crippen molar-refractivity contribution in [1.82, 2.24) is 4.90 Å². The second-order valence-electron chi connectivity index (χ2n) is 4.51. The first-order valence-corrected chi connectivity index (χ1v) is 7.83. The molecule has 1 saturated heterocycles. The van der Waals surface area contributed by atoms with Crippen molar-refractivity contribution >= 4 is 34.4 Å². The fraction of sp³-hybridized carbons (Fsp3) is 0.429. The number of thioether (sulfide) groups is 1. The van der Waals surface area contributed by atoms with Gasteiger partial charge in [0.25, 0.3) is 0 Å². The van der Waals surface area contributed by atoms with Crippen molar-refractivity contribution in [1.29, 1.82) is 0 Å². The van der Waals surface area contributed by atoms with Crippen LogP contribution in [0.1, 0.15) is 12.5 Å². The molecule has 108 valence electrons. The minimum Gasteiger partial charge on any atom is -0.497 e. The maximum atomic E-state index is 11.2. The zero-order valence-electron chi connectivity index (χ0n) is 11.5. The van der Waals surface area contributed by atoms with Crippen LogP contribution in [0.25, 0.3) is 0 Å². The van der Waals surface area contributed by atoms with Gasteiger partial charge >= 0.3 is 0 Å². The first-order chi connectivity index (χ1) is 9.63. The molecule has 4 nitrogen and oxygen atoms in total. The number of benzene rings is 1. The second kappa shape index (κ2) is 6.99. The molecule has 0 N–H and O–H groups in total. The molecule has 0 saturated carbocycles. The van der Waals surface area contributed by atoms with Gasteiger partial charge in [-0.15, -0.1) is 11.6 Å². The van der Waals surface area contributed by atoms with Gasteiger partial charge in [0, 0.05) is 25.1 Å². The van der Waals surface area contributed by atoms with Gasteiger partial charge in [-0.05, 0) is 17.7 Å². The van der Waals surface area contributed by atoms with Crippen LogP contribution in [0.2, 0.25) is 0 Å². The van der Waals surface area contributed by atoms with E-state index in [0.29, 0.717) is 12.4 Å². The molecule has 0 aromatic heterocycles. The number of halogens is 1. The molecule has 1 aliphatic rings. The van der Waals surface area contributed by atoms with Gasteiger partial charge in [-0.1, -0.05) is 23.9 Å². The van der Waals surface area contributed by atoms with Gasteiger partial charge in [-0.25, -0.2) is 0 Å². The van der Waals surface area contributed by atoms with Gasteiger partial charge in [0.2, 0.25) is 5.91 Å². The van der Waals surface area contributed by atoms with Gasteiger partial charge in [0.15, 0.2) is 5.17 Å². The largest absolute Gasteiger partial charge is 0.497 e. The number of ether oxygens (including phenoxy) is 1. The molecular weight excluding hydrogens is 296 g/mol. The summed E-state index contributed by atoms with van der Waals surface area (Å²) in [5, 5.41) is 0.763. The highest BCUT2D eigenvalue weighted by atomic mass is 35.5. The fourth-order valence-electron chi connectivity index (χ4n) is 1.98. The van der Waals surface area contributed by atoms with Crippen molar-refractivity contribution in [2.24, 2.45) is 4.99 Å². The molecule has 20 heavy (non-hydrogen) atoms. The Morgan fingerprint density at radius 3 is 2.75 bits per heavy atom. The van der Waals surface area contributed by atoms with Gasteiger partial charge in [-0.3, -0.25) is 4.79 Å². The molecule has 1 amide bonds. The summed E-state index contributed by atoms with van der Waals surface area (Å²) in [6.45, 7) is 2.16. The Morgan fingerprint density at radius 1 is 1.50 bits per heavy atom. The van der Waals surface area contributed by atoms with E-state index in [-0.39, 0.29) is 11.9 Å². The van der Waals surface area contributed by atoms with Gasteiger partial charge in [-0.2, -0.15) is 4.99 Å². The van der Waals surface area contributed by atoms with Crippen molar-refractivity contribution < 1.29 is 9.53 Å². The summed E-state index contributed by atoms with van der Waals surface area (Å²) in [6.07, 6.45) is 0. The molecular formula is C14H17ClN2O2S. The predicted molar refractivity (Wildman–Crippen MR) is 83.6 cm³/mol. The standard InChI is InChI=1S/C14H17ClN2O2S/c1-10(18)16-14-17(12(7-15)9-20-14)8-11-3-5-13(19-2)6-4-11/h3-6,12H,7-9H2,1-2H3. The number of carbonyl (C=O) groups is 1. The number of methoxy groups -OCH3 is 1. The Kier molecular flexibility index (Phi) is 5.31. The lowest BCUT2D eigenvalue weighted by Crippen LogP contribution is -2.35. The van der Waals surface area contributed by atoms with E-state index >= 15 is 0 Å². The zero-order chi connectivity index (χ0) is 14.5. The Labute approximate surface area is 128 Å². The summed E-state index contributed by atoms with van der Waals surface area (Å²) in [7, 11) is 1.65. The normalized spacial score (nSPS) is 20.4. The lowest BCUT2D eigenvalue weighted by molar-refractivity contribution is -0.115. The monoisotopic (exact) mass is 312 g/mol. The lowest BCUT2D eigenvalue weighted by Gasteiger charge is -2.24. The smallest absolute Gasteiger partial charge is 0.244 e. The molecule has 1 heterocycles. The summed E-state index contributed by atoms with van der Waals surface area (Å²) in [4.78, 5) is 17.4. The van der Waals surface area contributed by atoms with Gasteiger partial charge in [0.05, 0.1) is 13.2 Å². The lowest BCUT2D eigenvalue weighted by atomic mass is 10.2. The quantitative estimate of drug-likeness (QED) is 0.802. The topological polar surface area (TPSA) is 41.9 Å². The van der Waals surface area contributed by atoms with Gasteiger partial charge < -0.3 is 9.64 Å². The predicted octanol–water partition coefficient (Wildman–Crippen LogP) is 2.75. The van der Waals surface area contributed by atoms with Crippen molar-refractivity contribution in [3.8, 4) is 5.75 Å². The van der Waals surface area contributed by atoms with E-state index in [0.717, 1.165) is 22.2 Å². The molecule has 0 spiro atoms. The molecule has 6 heteroatoms. The van der Waals surface area contributed by atoms with Crippen molar-refractivity contribution in [3.05, 3.63) is 29.8 Å². The number of hydrogen-bond donors (Lipinski definition) is 0. The summed E-state index contributed by atoms with van der Waals surface area (Å²) in [5.41, 5.74) is 1.14. The van der Waals surface area contributed by atoms with E-state index in [1.54, 1.807) is 18.9 Å². The first-order valence-electron chi connectivity index (χ1n) is 6.31. The summed E-state index contributed by atoms with van der Waals surface area (Å²) in [5.74, 6) is 2.05. The highest BCUT2D eigenvalue weighted by Crippen LogP contribution is 2.27. The van der Waals surface area contributed by atoms with E-state index in [9.17, 15) is 4.79 Å². The number of amides is 1. The molecule has 2 rings (SSSR count). The summed E-state index contributed by atoms with van der Waals surface area (Å²) in [6, 6.07) is 8.09. The van der Waals surface area contributed by atoms with E-state index in [4.69, 9.17) is 16.3 Å². The van der Waals surface area contributed by atoms with Crippen molar-refractivity contribution in [2.45, 2.75) is 19.5 Å². The number of aliphatic imine (C=N–C) groups is 1. The molecule has 1 aliphatic heterocycles. The summed E-state index contributed by atoms with van der Waals surface area (Å²) >= 11 is 7.59. The Hall–Kier alpha value is -1.20. The SMILES string of the molecule is COc1ccc(CN2C(=NC(C)=O)SCC2CCl)cc1. The third-order valence-corrected chi connectivity index (χ3v) is 4.53. The van der Waals surface area contributed by atoms with Crippen LogP contribution in [0, 0.1) is 0 Å². The van der Waals surface area contributed by atoms with E-state index in [2.05, 4.69) is 9.89 Å². The molecule has 1 aromatic rings. The number of alkyl halides is 1. The van der Waals surface area contributed by atoms with Crippen LogP contribution >= 0.6 is 23.4 Å². The van der Waals surface area contributed by atoms with Crippen molar-refractivity contribution in [3.63, 3.8) is 0 Å². The highest BCUT2D eigenvalue weighted by Gasteiger charge is 2.29. The maximum absolute atomic E-state index is 11.2. The first kappa shape index (κ1) is 15.2. The average Bonchev–Trinajstić information content (AvgIpc) is 2.81. The van der Waals surface area contributed by atoms with Crippen LogP contribution in [0.15, 0.2) is 29.3 Å². The zero-order valence-corrected chi connectivity index (χ0v) is 13.1. The van der Waals surface area contributed by atoms with Crippen LogP contribution in [0.3, 0.4) is 0 Å². The van der Waals surface area contributed by atoms with Gasteiger partial charge in [0.1, 0.15) is 5.75 Å². The van der Waals surface area contributed by atoms with E-state index in [1.807, 2.05) is 24.3 Å². The maximum Gasteiger partial charge on any atom is 0.244 e.